The second-order valence-corrected chi connectivity index (χ2v) is 5.28. The van der Waals surface area contributed by atoms with Crippen molar-refractivity contribution < 1.29 is 9.15 Å². The Kier molecular flexibility index (Phi) is 4.10. The molecule has 0 spiro atoms. The molecular weight excluding hydrogens is 240 g/mol. The maximum atomic E-state index is 5.59. The highest BCUT2D eigenvalue weighted by atomic mass is 16.5. The molecule has 1 N–H and O–H groups in total. The highest BCUT2D eigenvalue weighted by Crippen LogP contribution is 2.21. The number of benzene rings is 1. The first-order valence-electron chi connectivity index (χ1n) is 6.72. The van der Waals surface area contributed by atoms with Crippen LogP contribution in [-0.4, -0.2) is 24.2 Å². The number of hydrogen-bond acceptors (Lipinski definition) is 4. The SMILES string of the molecule is CCc1nc2cc(NCCC(C)(C)OC)ccc2o1. The summed E-state index contributed by atoms with van der Waals surface area (Å²) in [5.74, 6) is 0.785. The molecule has 0 aliphatic heterocycles. The zero-order chi connectivity index (χ0) is 13.9. The van der Waals surface area contributed by atoms with Gasteiger partial charge in [0.15, 0.2) is 11.5 Å². The van der Waals surface area contributed by atoms with Crippen LogP contribution in [-0.2, 0) is 11.2 Å². The lowest BCUT2D eigenvalue weighted by Crippen LogP contribution is -2.25. The summed E-state index contributed by atoms with van der Waals surface area (Å²) in [6.45, 7) is 7.08. The largest absolute Gasteiger partial charge is 0.441 e. The summed E-state index contributed by atoms with van der Waals surface area (Å²) in [7, 11) is 1.74. The Labute approximate surface area is 114 Å². The van der Waals surface area contributed by atoms with E-state index >= 15 is 0 Å². The van der Waals surface area contributed by atoms with Crippen LogP contribution in [0.3, 0.4) is 0 Å². The monoisotopic (exact) mass is 262 g/mol. The molecule has 4 heteroatoms. The van der Waals surface area contributed by atoms with Crippen LogP contribution < -0.4 is 5.32 Å². The van der Waals surface area contributed by atoms with Gasteiger partial charge in [-0.1, -0.05) is 6.92 Å². The number of nitrogens with zero attached hydrogens (tertiary/aromatic N) is 1. The maximum absolute atomic E-state index is 5.59. The molecule has 0 saturated heterocycles. The van der Waals surface area contributed by atoms with E-state index in [1.54, 1.807) is 7.11 Å². The van der Waals surface area contributed by atoms with Crippen molar-refractivity contribution in [2.75, 3.05) is 19.0 Å². The molecule has 1 heterocycles. The Morgan fingerprint density at radius 2 is 2.16 bits per heavy atom. The molecule has 4 nitrogen and oxygen atoms in total. The van der Waals surface area contributed by atoms with Crippen molar-refractivity contribution in [3.63, 3.8) is 0 Å². The van der Waals surface area contributed by atoms with Gasteiger partial charge < -0.3 is 14.5 Å². The average molecular weight is 262 g/mol. The van der Waals surface area contributed by atoms with Crippen LogP contribution >= 0.6 is 0 Å². The summed E-state index contributed by atoms with van der Waals surface area (Å²) in [5.41, 5.74) is 2.73. The van der Waals surface area contributed by atoms with Gasteiger partial charge in [-0.05, 0) is 38.5 Å². The third-order valence-electron chi connectivity index (χ3n) is 3.34. The lowest BCUT2D eigenvalue weighted by molar-refractivity contribution is 0.0185. The molecule has 0 unspecified atom stereocenters. The molecule has 0 fully saturated rings. The van der Waals surface area contributed by atoms with Gasteiger partial charge in [0.1, 0.15) is 5.52 Å². The molecule has 0 amide bonds. The first-order valence-corrected chi connectivity index (χ1v) is 6.72. The Morgan fingerprint density at radius 3 is 2.84 bits per heavy atom. The fourth-order valence-corrected chi connectivity index (χ4v) is 1.85. The summed E-state index contributed by atoms with van der Waals surface area (Å²) < 4.78 is 11.0. The number of aromatic nitrogens is 1. The molecule has 0 bridgehead atoms. The predicted molar refractivity (Wildman–Crippen MR) is 77.6 cm³/mol. The summed E-state index contributed by atoms with van der Waals surface area (Å²) in [4.78, 5) is 4.43. The van der Waals surface area contributed by atoms with Crippen LogP contribution in [0.2, 0.25) is 0 Å². The van der Waals surface area contributed by atoms with E-state index in [0.717, 1.165) is 42.1 Å². The van der Waals surface area contributed by atoms with Crippen LogP contribution in [0.25, 0.3) is 11.1 Å². The van der Waals surface area contributed by atoms with Crippen molar-refractivity contribution in [3.8, 4) is 0 Å². The summed E-state index contributed by atoms with van der Waals surface area (Å²) in [6, 6.07) is 6.01. The van der Waals surface area contributed by atoms with Gasteiger partial charge in [-0.2, -0.15) is 0 Å². The van der Waals surface area contributed by atoms with Gasteiger partial charge in [-0.15, -0.1) is 0 Å². The van der Waals surface area contributed by atoms with E-state index in [0.29, 0.717) is 0 Å². The van der Waals surface area contributed by atoms with E-state index in [4.69, 9.17) is 9.15 Å². The van der Waals surface area contributed by atoms with Crippen LogP contribution in [0.15, 0.2) is 22.6 Å². The number of ether oxygens (including phenoxy) is 1. The summed E-state index contributed by atoms with van der Waals surface area (Å²) in [6.07, 6.45) is 1.76. The van der Waals surface area contributed by atoms with E-state index < -0.39 is 0 Å². The van der Waals surface area contributed by atoms with Crippen molar-refractivity contribution in [2.24, 2.45) is 0 Å². The van der Waals surface area contributed by atoms with Crippen molar-refractivity contribution in [3.05, 3.63) is 24.1 Å². The van der Waals surface area contributed by atoms with Gasteiger partial charge in [-0.25, -0.2) is 4.98 Å². The molecule has 0 radical (unpaired) electrons. The molecule has 0 saturated carbocycles. The van der Waals surface area contributed by atoms with E-state index in [-0.39, 0.29) is 5.60 Å². The standard InChI is InChI=1S/C15H22N2O2/c1-5-14-17-12-10-11(6-7-13(12)19-14)16-9-8-15(2,3)18-4/h6-7,10,16H,5,8-9H2,1-4H3. The Morgan fingerprint density at radius 1 is 1.37 bits per heavy atom. The van der Waals surface area contributed by atoms with Gasteiger partial charge in [-0.3, -0.25) is 0 Å². The summed E-state index contributed by atoms with van der Waals surface area (Å²) >= 11 is 0. The number of nitrogens with one attached hydrogen (secondary N) is 1. The molecule has 0 atom stereocenters. The zero-order valence-electron chi connectivity index (χ0n) is 12.1. The third kappa shape index (κ3) is 3.47. The van der Waals surface area contributed by atoms with E-state index in [1.165, 1.54) is 0 Å². The topological polar surface area (TPSA) is 47.3 Å². The second-order valence-electron chi connectivity index (χ2n) is 5.28. The lowest BCUT2D eigenvalue weighted by atomic mass is 10.1. The molecule has 2 rings (SSSR count). The maximum Gasteiger partial charge on any atom is 0.195 e. The normalized spacial score (nSPS) is 12.0. The van der Waals surface area contributed by atoms with Gasteiger partial charge in [0.25, 0.3) is 0 Å². The van der Waals surface area contributed by atoms with Crippen LogP contribution in [0.5, 0.6) is 0 Å². The quantitative estimate of drug-likeness (QED) is 0.863. The lowest BCUT2D eigenvalue weighted by Gasteiger charge is -2.23. The summed E-state index contributed by atoms with van der Waals surface area (Å²) in [5, 5.41) is 3.39. The van der Waals surface area contributed by atoms with Crippen molar-refractivity contribution in [2.45, 2.75) is 39.2 Å². The Balaban J connectivity index is 2.01. The Bertz CT molecular complexity index is 546. The number of fused-ring (bicyclic) bond motifs is 1. The van der Waals surface area contributed by atoms with E-state index in [9.17, 15) is 0 Å². The second kappa shape index (κ2) is 5.61. The molecule has 104 valence electrons. The van der Waals surface area contributed by atoms with Crippen molar-refractivity contribution in [1.29, 1.82) is 0 Å². The predicted octanol–water partition coefficient (Wildman–Crippen LogP) is 3.62. The number of oxazole rings is 1. The van der Waals surface area contributed by atoms with Gasteiger partial charge >= 0.3 is 0 Å². The number of aryl methyl sites for hydroxylation is 1. The molecule has 1 aromatic heterocycles. The van der Waals surface area contributed by atoms with Gasteiger partial charge in [0, 0.05) is 25.8 Å². The smallest absolute Gasteiger partial charge is 0.195 e. The number of methoxy groups -OCH3 is 1. The molecular formula is C15H22N2O2. The van der Waals surface area contributed by atoms with Crippen LogP contribution in [0.1, 0.15) is 33.1 Å². The number of hydrogen-bond donors (Lipinski definition) is 1. The molecule has 1 aromatic carbocycles. The van der Waals surface area contributed by atoms with Crippen LogP contribution in [0, 0.1) is 0 Å². The third-order valence-corrected chi connectivity index (χ3v) is 3.34. The van der Waals surface area contributed by atoms with E-state index in [1.807, 2.05) is 25.1 Å². The number of rotatable bonds is 6. The minimum atomic E-state index is -0.0969. The Hall–Kier alpha value is -1.55. The fraction of sp³-hybridized carbons (Fsp3) is 0.533. The van der Waals surface area contributed by atoms with Gasteiger partial charge in [0.05, 0.1) is 5.60 Å². The highest BCUT2D eigenvalue weighted by Gasteiger charge is 2.15. The fourth-order valence-electron chi connectivity index (χ4n) is 1.85. The van der Waals surface area contributed by atoms with E-state index in [2.05, 4.69) is 24.1 Å². The average Bonchev–Trinajstić information content (AvgIpc) is 2.81. The minimum absolute atomic E-state index is 0.0969. The molecule has 19 heavy (non-hydrogen) atoms. The molecule has 2 aromatic rings. The number of anilines is 1. The first kappa shape index (κ1) is 13.9. The first-order chi connectivity index (χ1) is 9.04. The zero-order valence-corrected chi connectivity index (χ0v) is 12.1. The van der Waals surface area contributed by atoms with Gasteiger partial charge in [0.2, 0.25) is 0 Å². The van der Waals surface area contributed by atoms with Crippen molar-refractivity contribution >= 4 is 16.8 Å². The molecule has 0 aliphatic carbocycles. The van der Waals surface area contributed by atoms with Crippen molar-refractivity contribution in [1.82, 2.24) is 4.98 Å². The minimum Gasteiger partial charge on any atom is -0.441 e. The van der Waals surface area contributed by atoms with Crippen LogP contribution in [0.4, 0.5) is 5.69 Å². The highest BCUT2D eigenvalue weighted by molar-refractivity contribution is 5.77. The molecule has 0 aliphatic rings.